The predicted molar refractivity (Wildman–Crippen MR) is 70.2 cm³/mol. The summed E-state index contributed by atoms with van der Waals surface area (Å²) in [5.74, 6) is 0. The molecule has 2 aromatic rings. The van der Waals surface area contributed by atoms with Crippen molar-refractivity contribution in [2.24, 2.45) is 12.8 Å². The van der Waals surface area contributed by atoms with E-state index in [-0.39, 0.29) is 5.54 Å². The number of fused-ring (bicyclic) bond motifs is 1. The molecule has 0 radical (unpaired) electrons. The number of hydrogen-bond donors (Lipinski definition) is 1. The van der Waals surface area contributed by atoms with Gasteiger partial charge in [-0.3, -0.25) is 4.68 Å². The highest BCUT2D eigenvalue weighted by Gasteiger charge is 2.37. The molecule has 0 aliphatic heterocycles. The van der Waals surface area contributed by atoms with Crippen LogP contribution in [0.15, 0.2) is 18.2 Å². The molecule has 3 rings (SSSR count). The molecule has 17 heavy (non-hydrogen) atoms. The molecule has 3 nitrogen and oxygen atoms in total. The molecule has 0 bridgehead atoms. The second-order valence-corrected chi connectivity index (χ2v) is 5.45. The number of aromatic nitrogens is 2. The summed E-state index contributed by atoms with van der Waals surface area (Å²) in [5.41, 5.74) is 8.67. The number of halogens is 1. The lowest BCUT2D eigenvalue weighted by molar-refractivity contribution is 0.609. The first kappa shape index (κ1) is 11.1. The second kappa shape index (κ2) is 3.72. The van der Waals surface area contributed by atoms with Crippen molar-refractivity contribution in [1.82, 2.24) is 9.78 Å². The van der Waals surface area contributed by atoms with Crippen LogP contribution in [-0.4, -0.2) is 15.3 Å². The van der Waals surface area contributed by atoms with Gasteiger partial charge in [0, 0.05) is 18.0 Å². The molecule has 1 aliphatic rings. The Kier molecular flexibility index (Phi) is 2.42. The van der Waals surface area contributed by atoms with Crippen LogP contribution in [0.2, 0.25) is 5.15 Å². The van der Waals surface area contributed by atoms with Crippen molar-refractivity contribution in [1.29, 1.82) is 0 Å². The van der Waals surface area contributed by atoms with Gasteiger partial charge in [-0.25, -0.2) is 0 Å². The Morgan fingerprint density at radius 2 is 2.24 bits per heavy atom. The van der Waals surface area contributed by atoms with Crippen molar-refractivity contribution in [3.8, 4) is 0 Å². The summed E-state index contributed by atoms with van der Waals surface area (Å²) in [4.78, 5) is 0. The van der Waals surface area contributed by atoms with Gasteiger partial charge in [-0.2, -0.15) is 5.10 Å². The lowest BCUT2D eigenvalue weighted by Crippen LogP contribution is -2.22. The first-order valence-electron chi connectivity index (χ1n) is 5.98. The monoisotopic (exact) mass is 249 g/mol. The maximum absolute atomic E-state index is 6.13. The summed E-state index contributed by atoms with van der Waals surface area (Å²) in [5, 5.41) is 5.88. The average molecular weight is 250 g/mol. The second-order valence-electron chi connectivity index (χ2n) is 5.09. The van der Waals surface area contributed by atoms with Crippen LogP contribution in [0, 0.1) is 0 Å². The zero-order valence-corrected chi connectivity index (χ0v) is 10.7. The molecule has 1 aromatic carbocycles. The van der Waals surface area contributed by atoms with Gasteiger partial charge in [0.05, 0.1) is 5.52 Å². The number of nitrogens with zero attached hydrogens (tertiary/aromatic N) is 2. The first-order valence-corrected chi connectivity index (χ1v) is 6.36. The van der Waals surface area contributed by atoms with Gasteiger partial charge in [-0.15, -0.1) is 0 Å². The van der Waals surface area contributed by atoms with Gasteiger partial charge in [0.15, 0.2) is 5.15 Å². The lowest BCUT2D eigenvalue weighted by atomic mass is 10.0. The molecule has 0 amide bonds. The highest BCUT2D eigenvalue weighted by molar-refractivity contribution is 6.34. The molecular formula is C13H16ClN3. The average Bonchev–Trinajstić information content (AvgIpc) is 2.97. The van der Waals surface area contributed by atoms with Crippen LogP contribution in [0.5, 0.6) is 0 Å². The van der Waals surface area contributed by atoms with Crippen LogP contribution in [0.3, 0.4) is 0 Å². The van der Waals surface area contributed by atoms with E-state index in [1.165, 1.54) is 5.56 Å². The molecule has 0 atom stereocenters. The molecule has 2 N–H and O–H groups in total. The van der Waals surface area contributed by atoms with Gasteiger partial charge in [-0.05, 0) is 37.3 Å². The molecule has 0 spiro atoms. The van der Waals surface area contributed by atoms with Gasteiger partial charge in [0.2, 0.25) is 0 Å². The van der Waals surface area contributed by atoms with Crippen LogP contribution in [-0.2, 0) is 13.5 Å². The van der Waals surface area contributed by atoms with Crippen molar-refractivity contribution in [2.45, 2.75) is 31.2 Å². The topological polar surface area (TPSA) is 43.8 Å². The third-order valence-electron chi connectivity index (χ3n) is 3.69. The standard InChI is InChI=1S/C13H16ClN3/c1-17-11-9(5-6-13(15)7-8-13)3-2-4-10(11)12(14)16-17/h2-4H,5-8,15H2,1H3. The minimum absolute atomic E-state index is 0.102. The van der Waals surface area contributed by atoms with E-state index in [0.29, 0.717) is 5.15 Å². The third-order valence-corrected chi connectivity index (χ3v) is 3.97. The van der Waals surface area contributed by atoms with E-state index in [1.807, 2.05) is 23.9 Å². The summed E-state index contributed by atoms with van der Waals surface area (Å²) in [6.45, 7) is 0. The molecule has 0 saturated heterocycles. The molecule has 4 heteroatoms. The van der Waals surface area contributed by atoms with Crippen LogP contribution >= 0.6 is 11.6 Å². The largest absolute Gasteiger partial charge is 0.325 e. The fourth-order valence-corrected chi connectivity index (χ4v) is 2.64. The smallest absolute Gasteiger partial charge is 0.158 e. The minimum Gasteiger partial charge on any atom is -0.325 e. The van der Waals surface area contributed by atoms with Crippen LogP contribution in [0.1, 0.15) is 24.8 Å². The number of benzene rings is 1. The normalized spacial score (nSPS) is 17.6. The molecule has 1 fully saturated rings. The lowest BCUT2D eigenvalue weighted by Gasteiger charge is -2.09. The van der Waals surface area contributed by atoms with Gasteiger partial charge >= 0.3 is 0 Å². The Bertz CT molecular complexity index is 569. The highest BCUT2D eigenvalue weighted by atomic mass is 35.5. The molecule has 1 saturated carbocycles. The van der Waals surface area contributed by atoms with Crippen molar-refractivity contribution >= 4 is 22.5 Å². The first-order chi connectivity index (χ1) is 8.09. The van der Waals surface area contributed by atoms with E-state index in [9.17, 15) is 0 Å². The fourth-order valence-electron chi connectivity index (χ4n) is 2.37. The molecule has 0 unspecified atom stereocenters. The summed E-state index contributed by atoms with van der Waals surface area (Å²) >= 11 is 6.10. The Labute approximate surface area is 106 Å². The molecule has 90 valence electrons. The third kappa shape index (κ3) is 1.94. The van der Waals surface area contributed by atoms with Crippen molar-refractivity contribution < 1.29 is 0 Å². The van der Waals surface area contributed by atoms with Crippen LogP contribution in [0.4, 0.5) is 0 Å². The van der Waals surface area contributed by atoms with E-state index in [4.69, 9.17) is 17.3 Å². The molecule has 1 aliphatic carbocycles. The quantitative estimate of drug-likeness (QED) is 0.909. The van der Waals surface area contributed by atoms with Crippen LogP contribution < -0.4 is 5.73 Å². The highest BCUT2D eigenvalue weighted by Crippen LogP contribution is 2.37. The van der Waals surface area contributed by atoms with Crippen LogP contribution in [0.25, 0.3) is 10.9 Å². The number of aryl methyl sites for hydroxylation is 2. The SMILES string of the molecule is Cn1nc(Cl)c2cccc(CCC3(N)CC3)c21. The van der Waals surface area contributed by atoms with Crippen molar-refractivity contribution in [3.05, 3.63) is 28.9 Å². The van der Waals surface area contributed by atoms with Gasteiger partial charge in [-0.1, -0.05) is 23.7 Å². The Hall–Kier alpha value is -1.06. The summed E-state index contributed by atoms with van der Waals surface area (Å²) < 4.78 is 1.86. The Balaban J connectivity index is 1.97. The number of nitrogens with two attached hydrogens (primary N) is 1. The van der Waals surface area contributed by atoms with E-state index >= 15 is 0 Å². The van der Waals surface area contributed by atoms with Crippen molar-refractivity contribution in [2.75, 3.05) is 0 Å². The van der Waals surface area contributed by atoms with E-state index in [1.54, 1.807) is 0 Å². The zero-order valence-electron chi connectivity index (χ0n) is 9.91. The zero-order chi connectivity index (χ0) is 12.0. The van der Waals surface area contributed by atoms with E-state index in [2.05, 4.69) is 11.2 Å². The molecular weight excluding hydrogens is 234 g/mol. The van der Waals surface area contributed by atoms with Gasteiger partial charge < -0.3 is 5.73 Å². The number of hydrogen-bond acceptors (Lipinski definition) is 2. The molecule has 1 heterocycles. The van der Waals surface area contributed by atoms with Gasteiger partial charge in [0.1, 0.15) is 0 Å². The minimum atomic E-state index is 0.102. The summed E-state index contributed by atoms with van der Waals surface area (Å²) in [7, 11) is 1.94. The van der Waals surface area contributed by atoms with E-state index < -0.39 is 0 Å². The maximum Gasteiger partial charge on any atom is 0.158 e. The Morgan fingerprint density at radius 3 is 2.94 bits per heavy atom. The number of para-hydroxylation sites is 1. The fraction of sp³-hybridized carbons (Fsp3) is 0.462. The number of rotatable bonds is 3. The van der Waals surface area contributed by atoms with E-state index in [0.717, 1.165) is 36.6 Å². The Morgan fingerprint density at radius 1 is 1.47 bits per heavy atom. The molecule has 1 aromatic heterocycles. The summed E-state index contributed by atoms with van der Waals surface area (Å²) in [6.07, 6.45) is 4.38. The predicted octanol–water partition coefficient (Wildman–Crippen LogP) is 2.65. The maximum atomic E-state index is 6.13. The summed E-state index contributed by atoms with van der Waals surface area (Å²) in [6, 6.07) is 6.21. The van der Waals surface area contributed by atoms with Gasteiger partial charge in [0.25, 0.3) is 0 Å². The van der Waals surface area contributed by atoms with Crippen molar-refractivity contribution in [3.63, 3.8) is 0 Å².